The maximum Gasteiger partial charge on any atom is 0.184 e. The van der Waals surface area contributed by atoms with E-state index in [1.807, 2.05) is 42.6 Å². The highest BCUT2D eigenvalue weighted by Gasteiger charge is 2.24. The molecule has 0 spiro atoms. The number of rotatable bonds is 4. The van der Waals surface area contributed by atoms with E-state index in [1.165, 1.54) is 14.2 Å². The first-order valence-electron chi connectivity index (χ1n) is 7.43. The van der Waals surface area contributed by atoms with Gasteiger partial charge in [-0.2, -0.15) is 5.10 Å². The molecule has 0 radical (unpaired) electrons. The van der Waals surface area contributed by atoms with E-state index in [1.54, 1.807) is 11.6 Å². The zero-order chi connectivity index (χ0) is 17.3. The Bertz CT molecular complexity index is 873. The van der Waals surface area contributed by atoms with Crippen LogP contribution in [0, 0.1) is 6.92 Å². The number of aromatic nitrogens is 2. The topological polar surface area (TPSA) is 82.5 Å². The van der Waals surface area contributed by atoms with Crippen LogP contribution < -0.4 is 15.2 Å². The second-order valence-electron chi connectivity index (χ2n) is 5.31. The predicted octanol–water partition coefficient (Wildman–Crippen LogP) is 3.15. The Morgan fingerprint density at radius 1 is 1.04 bits per heavy atom. The van der Waals surface area contributed by atoms with Crippen LogP contribution in [0.15, 0.2) is 42.6 Å². The van der Waals surface area contributed by atoms with E-state index in [0.29, 0.717) is 22.6 Å². The first-order chi connectivity index (χ1) is 11.6. The molecular formula is C18H19N3O3. The molecule has 3 N–H and O–H groups in total. The van der Waals surface area contributed by atoms with E-state index in [0.717, 1.165) is 5.69 Å². The summed E-state index contributed by atoms with van der Waals surface area (Å²) in [7, 11) is 3.00. The summed E-state index contributed by atoms with van der Waals surface area (Å²) in [4.78, 5) is 0. The van der Waals surface area contributed by atoms with Crippen LogP contribution >= 0.6 is 0 Å². The van der Waals surface area contributed by atoms with Crippen LogP contribution in [-0.2, 0) is 0 Å². The van der Waals surface area contributed by atoms with Gasteiger partial charge in [-0.15, -0.1) is 0 Å². The molecule has 0 atom stereocenters. The van der Waals surface area contributed by atoms with E-state index in [-0.39, 0.29) is 17.2 Å². The number of ether oxygens (including phenoxy) is 2. The second kappa shape index (κ2) is 6.16. The fourth-order valence-electron chi connectivity index (χ4n) is 2.73. The Balaban J connectivity index is 2.20. The number of nitrogens with two attached hydrogens (primary N) is 1. The van der Waals surface area contributed by atoms with Crippen molar-refractivity contribution in [1.82, 2.24) is 9.78 Å². The molecule has 0 aliphatic heterocycles. The third-order valence-corrected chi connectivity index (χ3v) is 3.93. The standard InChI is InChI=1S/C18H19N3O3/c1-11-16(22)18(24-3)15(19)14(17(11)23-2)13-9-10-21(20-13)12-7-5-4-6-8-12/h4-10,22H,19H2,1-3H3. The zero-order valence-corrected chi connectivity index (χ0v) is 13.8. The Kier molecular flexibility index (Phi) is 4.04. The number of nitrogen functional groups attached to an aromatic ring is 1. The van der Waals surface area contributed by atoms with Gasteiger partial charge in [-0.25, -0.2) is 4.68 Å². The zero-order valence-electron chi connectivity index (χ0n) is 13.8. The number of aromatic hydroxyl groups is 1. The quantitative estimate of drug-likeness (QED) is 0.720. The van der Waals surface area contributed by atoms with Crippen molar-refractivity contribution in [3.8, 4) is 34.2 Å². The van der Waals surface area contributed by atoms with Crippen LogP contribution in [0.1, 0.15) is 5.56 Å². The molecule has 0 saturated heterocycles. The first-order valence-corrected chi connectivity index (χ1v) is 7.43. The van der Waals surface area contributed by atoms with Crippen molar-refractivity contribution in [2.45, 2.75) is 6.92 Å². The van der Waals surface area contributed by atoms with Crippen molar-refractivity contribution in [3.05, 3.63) is 48.2 Å². The molecule has 0 amide bonds. The minimum Gasteiger partial charge on any atom is -0.504 e. The van der Waals surface area contributed by atoms with Crippen LogP contribution in [0.4, 0.5) is 5.69 Å². The summed E-state index contributed by atoms with van der Waals surface area (Å²) >= 11 is 0. The number of methoxy groups -OCH3 is 2. The highest BCUT2D eigenvalue weighted by atomic mass is 16.5. The average molecular weight is 325 g/mol. The molecule has 0 fully saturated rings. The lowest BCUT2D eigenvalue weighted by molar-refractivity contribution is 0.365. The molecule has 3 aromatic rings. The smallest absolute Gasteiger partial charge is 0.184 e. The molecule has 0 bridgehead atoms. The van der Waals surface area contributed by atoms with E-state index >= 15 is 0 Å². The highest BCUT2D eigenvalue weighted by molar-refractivity contribution is 5.88. The van der Waals surface area contributed by atoms with Gasteiger partial charge in [-0.3, -0.25) is 0 Å². The number of benzene rings is 2. The summed E-state index contributed by atoms with van der Waals surface area (Å²) in [6.45, 7) is 1.74. The van der Waals surface area contributed by atoms with Crippen molar-refractivity contribution in [1.29, 1.82) is 0 Å². The van der Waals surface area contributed by atoms with Crippen LogP contribution in [0.3, 0.4) is 0 Å². The average Bonchev–Trinajstić information content (AvgIpc) is 3.08. The normalized spacial score (nSPS) is 10.6. The van der Waals surface area contributed by atoms with Crippen molar-refractivity contribution in [2.75, 3.05) is 20.0 Å². The number of anilines is 1. The van der Waals surface area contributed by atoms with Crippen LogP contribution in [0.25, 0.3) is 16.9 Å². The van der Waals surface area contributed by atoms with Crippen molar-refractivity contribution in [2.24, 2.45) is 0 Å². The largest absolute Gasteiger partial charge is 0.504 e. The highest BCUT2D eigenvalue weighted by Crippen LogP contribution is 2.49. The van der Waals surface area contributed by atoms with E-state index in [4.69, 9.17) is 15.2 Å². The summed E-state index contributed by atoms with van der Waals surface area (Å²) in [6, 6.07) is 11.6. The molecule has 1 heterocycles. The second-order valence-corrected chi connectivity index (χ2v) is 5.31. The van der Waals surface area contributed by atoms with Gasteiger partial charge in [0.15, 0.2) is 11.5 Å². The molecule has 0 unspecified atom stereocenters. The fraction of sp³-hybridized carbons (Fsp3) is 0.167. The van der Waals surface area contributed by atoms with Gasteiger partial charge < -0.3 is 20.3 Å². The summed E-state index contributed by atoms with van der Waals surface area (Å²) < 4.78 is 12.5. The van der Waals surface area contributed by atoms with Crippen molar-refractivity contribution < 1.29 is 14.6 Å². The number of hydrogen-bond donors (Lipinski definition) is 2. The lowest BCUT2D eigenvalue weighted by Crippen LogP contribution is -2.02. The van der Waals surface area contributed by atoms with E-state index in [9.17, 15) is 5.11 Å². The van der Waals surface area contributed by atoms with Gasteiger partial charge in [0.05, 0.1) is 36.9 Å². The molecule has 0 aliphatic rings. The predicted molar refractivity (Wildman–Crippen MR) is 92.9 cm³/mol. The van der Waals surface area contributed by atoms with Gasteiger partial charge in [0.1, 0.15) is 5.75 Å². The molecule has 6 nitrogen and oxygen atoms in total. The van der Waals surface area contributed by atoms with Gasteiger partial charge in [0.2, 0.25) is 0 Å². The molecule has 1 aromatic heterocycles. The van der Waals surface area contributed by atoms with E-state index in [2.05, 4.69) is 5.10 Å². The molecule has 3 rings (SSSR count). The van der Waals surface area contributed by atoms with Crippen LogP contribution in [0.2, 0.25) is 0 Å². The molecule has 0 saturated carbocycles. The first kappa shape index (κ1) is 15.7. The van der Waals surface area contributed by atoms with Gasteiger partial charge in [0, 0.05) is 11.8 Å². The summed E-state index contributed by atoms with van der Waals surface area (Å²) in [5.74, 6) is 0.666. The number of phenols is 1. The number of hydrogen-bond acceptors (Lipinski definition) is 5. The van der Waals surface area contributed by atoms with Gasteiger partial charge in [0.25, 0.3) is 0 Å². The monoisotopic (exact) mass is 325 g/mol. The third kappa shape index (κ3) is 2.42. The molecule has 124 valence electrons. The Hall–Kier alpha value is -3.15. The number of phenolic OH excluding ortho intramolecular Hbond substituents is 1. The lowest BCUT2D eigenvalue weighted by atomic mass is 10.0. The summed E-state index contributed by atoms with van der Waals surface area (Å²) in [6.07, 6.45) is 1.85. The van der Waals surface area contributed by atoms with Crippen molar-refractivity contribution in [3.63, 3.8) is 0 Å². The maximum atomic E-state index is 10.2. The minimum absolute atomic E-state index is 0.0295. The molecule has 0 aliphatic carbocycles. The SMILES string of the molecule is COc1c(N)c(-c2ccn(-c3ccccc3)n2)c(OC)c(C)c1O. The fourth-order valence-corrected chi connectivity index (χ4v) is 2.73. The molecule has 6 heteroatoms. The van der Waals surface area contributed by atoms with Crippen molar-refractivity contribution >= 4 is 5.69 Å². The summed E-state index contributed by atoms with van der Waals surface area (Å²) in [5, 5.41) is 14.8. The van der Waals surface area contributed by atoms with Gasteiger partial charge in [-0.05, 0) is 25.1 Å². The number of para-hydroxylation sites is 1. The van der Waals surface area contributed by atoms with Crippen LogP contribution in [-0.4, -0.2) is 29.1 Å². The van der Waals surface area contributed by atoms with E-state index < -0.39 is 0 Å². The maximum absolute atomic E-state index is 10.2. The Morgan fingerprint density at radius 2 is 1.71 bits per heavy atom. The number of nitrogens with zero attached hydrogens (tertiary/aromatic N) is 2. The van der Waals surface area contributed by atoms with Crippen LogP contribution in [0.5, 0.6) is 17.2 Å². The van der Waals surface area contributed by atoms with Gasteiger partial charge >= 0.3 is 0 Å². The third-order valence-electron chi connectivity index (χ3n) is 3.93. The molecular weight excluding hydrogens is 306 g/mol. The molecule has 2 aromatic carbocycles. The van der Waals surface area contributed by atoms with Gasteiger partial charge in [-0.1, -0.05) is 18.2 Å². The summed E-state index contributed by atoms with van der Waals surface area (Å²) in [5.41, 5.74) is 9.21. The minimum atomic E-state index is -0.0295. The Morgan fingerprint density at radius 3 is 2.33 bits per heavy atom. The Labute approximate surface area is 140 Å². The molecule has 24 heavy (non-hydrogen) atoms. The lowest BCUT2D eigenvalue weighted by Gasteiger charge is -2.17.